The van der Waals surface area contributed by atoms with Gasteiger partial charge in [0, 0.05) is 6.42 Å². The first kappa shape index (κ1) is 16.8. The van der Waals surface area contributed by atoms with E-state index in [-0.39, 0.29) is 19.0 Å². The Morgan fingerprint density at radius 1 is 1.37 bits per heavy atom. The first-order valence-electron chi connectivity index (χ1n) is 5.55. The monoisotopic (exact) mass is 276 g/mol. The van der Waals surface area contributed by atoms with Crippen LogP contribution in [0.4, 0.5) is 4.79 Å². The molecule has 0 aliphatic carbocycles. The van der Waals surface area contributed by atoms with E-state index in [1.807, 2.05) is 0 Å². The number of carboxylic acids is 1. The molecule has 0 fully saturated rings. The molecule has 110 valence electrons. The largest absolute Gasteiger partial charge is 0.480 e. The SMILES string of the molecule is CC(C)(C)OC(=O)N[C@@H](CCON=C(N)N)C(=O)O. The predicted molar refractivity (Wildman–Crippen MR) is 67.2 cm³/mol. The lowest BCUT2D eigenvalue weighted by Crippen LogP contribution is -2.44. The Morgan fingerprint density at radius 2 is 1.95 bits per heavy atom. The molecule has 1 amide bonds. The molecule has 0 bridgehead atoms. The Morgan fingerprint density at radius 3 is 2.37 bits per heavy atom. The number of hydrogen-bond donors (Lipinski definition) is 4. The van der Waals surface area contributed by atoms with Gasteiger partial charge < -0.3 is 31.5 Å². The molecule has 0 aliphatic heterocycles. The molecule has 0 saturated heterocycles. The predicted octanol–water partition coefficient (Wildman–Crippen LogP) is -0.441. The van der Waals surface area contributed by atoms with E-state index in [4.69, 9.17) is 21.3 Å². The number of carbonyl (C=O) groups is 2. The molecule has 0 radical (unpaired) electrons. The van der Waals surface area contributed by atoms with Crippen LogP contribution in [0.3, 0.4) is 0 Å². The van der Waals surface area contributed by atoms with Crippen molar-refractivity contribution in [2.24, 2.45) is 16.6 Å². The van der Waals surface area contributed by atoms with Gasteiger partial charge in [0.15, 0.2) is 0 Å². The Hall–Kier alpha value is -2.19. The van der Waals surface area contributed by atoms with Crippen molar-refractivity contribution in [2.75, 3.05) is 6.61 Å². The van der Waals surface area contributed by atoms with Gasteiger partial charge in [-0.25, -0.2) is 9.59 Å². The molecule has 6 N–H and O–H groups in total. The number of amides is 1. The van der Waals surface area contributed by atoms with Gasteiger partial charge in [0.1, 0.15) is 18.2 Å². The molecule has 9 nitrogen and oxygen atoms in total. The fraction of sp³-hybridized carbons (Fsp3) is 0.700. The normalized spacial score (nSPS) is 12.2. The van der Waals surface area contributed by atoms with E-state index < -0.39 is 23.7 Å². The van der Waals surface area contributed by atoms with Crippen LogP contribution in [-0.4, -0.2) is 41.4 Å². The molecule has 1 atom stereocenters. The Kier molecular flexibility index (Phi) is 6.45. The van der Waals surface area contributed by atoms with E-state index in [2.05, 4.69) is 15.3 Å². The van der Waals surface area contributed by atoms with Crippen LogP contribution < -0.4 is 16.8 Å². The van der Waals surface area contributed by atoms with Gasteiger partial charge >= 0.3 is 12.1 Å². The fourth-order valence-corrected chi connectivity index (χ4v) is 0.998. The lowest BCUT2D eigenvalue weighted by molar-refractivity contribution is -0.140. The number of aliphatic carboxylic acids is 1. The van der Waals surface area contributed by atoms with E-state index in [0.717, 1.165) is 0 Å². The smallest absolute Gasteiger partial charge is 0.408 e. The van der Waals surface area contributed by atoms with Gasteiger partial charge in [0.25, 0.3) is 0 Å². The summed E-state index contributed by atoms with van der Waals surface area (Å²) in [6, 6.07) is -1.15. The number of hydrogen-bond acceptors (Lipinski definition) is 5. The summed E-state index contributed by atoms with van der Waals surface area (Å²) in [4.78, 5) is 27.0. The average molecular weight is 276 g/mol. The summed E-state index contributed by atoms with van der Waals surface area (Å²) in [6.07, 6.45) is -0.826. The molecule has 0 aromatic carbocycles. The summed E-state index contributed by atoms with van der Waals surface area (Å²) >= 11 is 0. The highest BCUT2D eigenvalue weighted by atomic mass is 16.6. The quantitative estimate of drug-likeness (QED) is 0.222. The minimum absolute atomic E-state index is 0.00858. The maximum Gasteiger partial charge on any atom is 0.408 e. The zero-order valence-electron chi connectivity index (χ0n) is 11.2. The Balaban J connectivity index is 4.23. The number of carbonyl (C=O) groups excluding carboxylic acids is 1. The number of nitrogens with one attached hydrogen (secondary N) is 1. The number of guanidine groups is 1. The van der Waals surface area contributed by atoms with Crippen molar-refractivity contribution < 1.29 is 24.3 Å². The van der Waals surface area contributed by atoms with Crippen LogP contribution in [0.15, 0.2) is 5.16 Å². The van der Waals surface area contributed by atoms with Gasteiger partial charge in [-0.05, 0) is 25.9 Å². The minimum atomic E-state index is -1.21. The van der Waals surface area contributed by atoms with E-state index >= 15 is 0 Å². The highest BCUT2D eigenvalue weighted by molar-refractivity contribution is 5.80. The highest BCUT2D eigenvalue weighted by Gasteiger charge is 2.23. The first-order chi connectivity index (χ1) is 8.61. The molecule has 9 heteroatoms. The molecule has 0 rings (SSSR count). The summed E-state index contributed by atoms with van der Waals surface area (Å²) in [6.45, 7) is 4.95. The molecule has 0 aromatic rings. The Bertz CT molecular complexity index is 346. The summed E-state index contributed by atoms with van der Waals surface area (Å²) in [7, 11) is 0. The van der Waals surface area contributed by atoms with Gasteiger partial charge in [-0.1, -0.05) is 0 Å². The second-order valence-corrected chi connectivity index (χ2v) is 4.68. The zero-order valence-corrected chi connectivity index (χ0v) is 11.2. The van der Waals surface area contributed by atoms with E-state index in [1.165, 1.54) is 0 Å². The van der Waals surface area contributed by atoms with Crippen molar-refractivity contribution in [1.82, 2.24) is 5.32 Å². The second kappa shape index (κ2) is 7.29. The van der Waals surface area contributed by atoms with Crippen LogP contribution in [0.1, 0.15) is 27.2 Å². The molecule has 0 aromatic heterocycles. The summed E-state index contributed by atoms with van der Waals surface area (Å²) in [5.41, 5.74) is 9.33. The molecule has 0 saturated carbocycles. The van der Waals surface area contributed by atoms with Crippen LogP contribution in [0, 0.1) is 0 Å². The van der Waals surface area contributed by atoms with E-state index in [0.29, 0.717) is 0 Å². The second-order valence-electron chi connectivity index (χ2n) is 4.68. The van der Waals surface area contributed by atoms with Crippen molar-refractivity contribution in [2.45, 2.75) is 38.8 Å². The maximum absolute atomic E-state index is 11.4. The highest BCUT2D eigenvalue weighted by Crippen LogP contribution is 2.07. The third kappa shape index (κ3) is 9.51. The van der Waals surface area contributed by atoms with E-state index in [9.17, 15) is 9.59 Å². The lowest BCUT2D eigenvalue weighted by Gasteiger charge is -2.21. The first-order valence-corrected chi connectivity index (χ1v) is 5.55. The number of nitrogens with zero attached hydrogens (tertiary/aromatic N) is 1. The average Bonchev–Trinajstić information content (AvgIpc) is 2.19. The van der Waals surface area contributed by atoms with Gasteiger partial charge in [-0.3, -0.25) is 0 Å². The van der Waals surface area contributed by atoms with Crippen molar-refractivity contribution >= 4 is 18.0 Å². The number of alkyl carbamates (subject to hydrolysis) is 1. The van der Waals surface area contributed by atoms with Crippen molar-refractivity contribution in [3.05, 3.63) is 0 Å². The van der Waals surface area contributed by atoms with Gasteiger partial charge in [-0.15, -0.1) is 0 Å². The summed E-state index contributed by atoms with van der Waals surface area (Å²) in [5.74, 6) is -1.48. The summed E-state index contributed by atoms with van der Waals surface area (Å²) in [5, 5.41) is 14.4. The van der Waals surface area contributed by atoms with Gasteiger partial charge in [-0.2, -0.15) is 0 Å². The minimum Gasteiger partial charge on any atom is -0.480 e. The molecule has 0 aliphatic rings. The van der Waals surface area contributed by atoms with Crippen molar-refractivity contribution in [1.29, 1.82) is 0 Å². The third-order valence-electron chi connectivity index (χ3n) is 1.66. The van der Waals surface area contributed by atoms with Crippen molar-refractivity contribution in [3.8, 4) is 0 Å². The molecule has 19 heavy (non-hydrogen) atoms. The number of carboxylic acid groups (broad SMARTS) is 1. The van der Waals surface area contributed by atoms with Gasteiger partial charge in [0.05, 0.1) is 0 Å². The van der Waals surface area contributed by atoms with Crippen LogP contribution >= 0.6 is 0 Å². The van der Waals surface area contributed by atoms with E-state index in [1.54, 1.807) is 20.8 Å². The zero-order chi connectivity index (χ0) is 15.1. The lowest BCUT2D eigenvalue weighted by atomic mass is 10.2. The molecular formula is C10H20N4O5. The molecule has 0 heterocycles. The Labute approximate surface area is 110 Å². The number of nitrogens with two attached hydrogens (primary N) is 2. The third-order valence-corrected chi connectivity index (χ3v) is 1.66. The standard InChI is InChI=1S/C10H20N4O5/c1-10(2,3)19-9(17)13-6(7(15)16)4-5-18-14-8(11)12/h6H,4-5H2,1-3H3,(H,13,17)(H,15,16)(H4,11,12,14)/t6-/m0/s1. The van der Waals surface area contributed by atoms with Crippen LogP contribution in [-0.2, 0) is 14.4 Å². The molecular weight excluding hydrogens is 256 g/mol. The number of oxime groups is 1. The van der Waals surface area contributed by atoms with Crippen LogP contribution in [0.2, 0.25) is 0 Å². The number of ether oxygens (including phenoxy) is 1. The van der Waals surface area contributed by atoms with Crippen molar-refractivity contribution in [3.63, 3.8) is 0 Å². The van der Waals surface area contributed by atoms with Crippen LogP contribution in [0.5, 0.6) is 0 Å². The topological polar surface area (TPSA) is 149 Å². The van der Waals surface area contributed by atoms with Gasteiger partial charge in [0.2, 0.25) is 5.96 Å². The van der Waals surface area contributed by atoms with Crippen LogP contribution in [0.25, 0.3) is 0 Å². The number of rotatable bonds is 6. The fourth-order valence-electron chi connectivity index (χ4n) is 0.998. The molecule has 0 spiro atoms. The summed E-state index contributed by atoms with van der Waals surface area (Å²) < 4.78 is 4.94. The maximum atomic E-state index is 11.4. The molecule has 0 unspecified atom stereocenters.